The van der Waals surface area contributed by atoms with Gasteiger partial charge in [0.25, 0.3) is 0 Å². The molecule has 90 valence electrons. The number of halogens is 2. The fraction of sp³-hybridized carbons (Fsp3) is 0.308. The van der Waals surface area contributed by atoms with Gasteiger partial charge in [0.05, 0.1) is 12.9 Å². The summed E-state index contributed by atoms with van der Waals surface area (Å²) < 4.78 is 5.15. The van der Waals surface area contributed by atoms with Gasteiger partial charge in [-0.15, -0.1) is 0 Å². The highest BCUT2D eigenvalue weighted by Crippen LogP contribution is 2.23. The third kappa shape index (κ3) is 3.24. The lowest BCUT2D eigenvalue weighted by molar-refractivity contribution is -0.115. The first-order valence-corrected chi connectivity index (χ1v) is 6.20. The largest absolute Gasteiger partial charge is 0.501 e. The fourth-order valence-corrected chi connectivity index (χ4v) is 2.20. The number of ketones is 1. The molecule has 0 bridgehead atoms. The van der Waals surface area contributed by atoms with Gasteiger partial charge in [0, 0.05) is 22.0 Å². The predicted octanol–water partition coefficient (Wildman–Crippen LogP) is 3.80. The minimum Gasteiger partial charge on any atom is -0.501 e. The molecule has 0 spiro atoms. The molecule has 1 aromatic rings. The molecule has 2 rings (SSSR count). The summed E-state index contributed by atoms with van der Waals surface area (Å²) in [7, 11) is 0. The summed E-state index contributed by atoms with van der Waals surface area (Å²) in [4.78, 5) is 12.0. The van der Waals surface area contributed by atoms with Crippen LogP contribution in [0.1, 0.15) is 18.4 Å². The van der Waals surface area contributed by atoms with Crippen molar-refractivity contribution in [1.29, 1.82) is 0 Å². The highest BCUT2D eigenvalue weighted by Gasteiger charge is 2.15. The van der Waals surface area contributed by atoms with E-state index in [1.165, 1.54) is 0 Å². The molecular formula is C13H12Cl2O2. The van der Waals surface area contributed by atoms with E-state index in [2.05, 4.69) is 0 Å². The molecule has 0 aromatic heterocycles. The van der Waals surface area contributed by atoms with Crippen LogP contribution in [0.25, 0.3) is 0 Å². The van der Waals surface area contributed by atoms with E-state index in [0.29, 0.717) is 23.1 Å². The van der Waals surface area contributed by atoms with Crippen LogP contribution in [0.3, 0.4) is 0 Å². The van der Waals surface area contributed by atoms with Gasteiger partial charge in [0.15, 0.2) is 5.78 Å². The molecule has 0 aliphatic carbocycles. The Kier molecular flexibility index (Phi) is 4.08. The normalized spacial score (nSPS) is 15.1. The molecule has 0 amide bonds. The second-order valence-corrected chi connectivity index (χ2v) is 4.80. The summed E-state index contributed by atoms with van der Waals surface area (Å²) in [5.74, 6) is 0.0638. The van der Waals surface area contributed by atoms with Gasteiger partial charge in [-0.1, -0.05) is 29.3 Å². The molecule has 17 heavy (non-hydrogen) atoms. The molecule has 0 unspecified atom stereocenters. The molecule has 2 nitrogen and oxygen atoms in total. The molecule has 0 N–H and O–H groups in total. The van der Waals surface area contributed by atoms with Gasteiger partial charge in [0.2, 0.25) is 0 Å². The SMILES string of the molecule is O=C(Cc1ccc(Cl)cc1Cl)C1=COCCC1. The van der Waals surface area contributed by atoms with E-state index in [4.69, 9.17) is 27.9 Å². The van der Waals surface area contributed by atoms with Crippen molar-refractivity contribution in [3.8, 4) is 0 Å². The number of benzene rings is 1. The molecule has 1 aliphatic rings. The number of Topliss-reactive ketones (excluding diaryl/α,β-unsaturated/α-hetero) is 1. The standard InChI is InChI=1S/C13H12Cl2O2/c14-11-4-3-9(12(15)7-11)6-13(16)10-2-1-5-17-8-10/h3-4,7-8H,1-2,5-6H2. The summed E-state index contributed by atoms with van der Waals surface area (Å²) in [6.45, 7) is 0.693. The Bertz CT molecular complexity index is 466. The highest BCUT2D eigenvalue weighted by molar-refractivity contribution is 6.35. The molecule has 0 saturated heterocycles. The van der Waals surface area contributed by atoms with Crippen LogP contribution in [-0.2, 0) is 16.0 Å². The topological polar surface area (TPSA) is 26.3 Å². The first-order chi connectivity index (χ1) is 8.16. The number of ether oxygens (including phenoxy) is 1. The third-order valence-corrected chi connectivity index (χ3v) is 3.25. The van der Waals surface area contributed by atoms with Crippen molar-refractivity contribution in [3.63, 3.8) is 0 Å². The Hall–Kier alpha value is -0.990. The van der Waals surface area contributed by atoms with E-state index in [-0.39, 0.29) is 5.78 Å². The predicted molar refractivity (Wildman–Crippen MR) is 68.4 cm³/mol. The number of hydrogen-bond acceptors (Lipinski definition) is 2. The van der Waals surface area contributed by atoms with E-state index in [1.807, 2.05) is 0 Å². The van der Waals surface area contributed by atoms with Crippen LogP contribution in [0.5, 0.6) is 0 Å². The summed E-state index contributed by atoms with van der Waals surface area (Å²) in [6.07, 6.45) is 3.54. The summed E-state index contributed by atoms with van der Waals surface area (Å²) in [6, 6.07) is 5.17. The zero-order chi connectivity index (χ0) is 12.3. The summed E-state index contributed by atoms with van der Waals surface area (Å²) >= 11 is 11.8. The molecule has 0 fully saturated rings. The van der Waals surface area contributed by atoms with Crippen LogP contribution in [0.2, 0.25) is 10.0 Å². The summed E-state index contributed by atoms with van der Waals surface area (Å²) in [5, 5.41) is 1.11. The third-order valence-electron chi connectivity index (χ3n) is 2.66. The Morgan fingerprint density at radius 2 is 2.18 bits per heavy atom. The lowest BCUT2D eigenvalue weighted by atomic mass is 10.00. The molecule has 1 heterocycles. The molecule has 1 aromatic carbocycles. The fourth-order valence-electron chi connectivity index (χ4n) is 1.72. The maximum Gasteiger partial charge on any atom is 0.166 e. The van der Waals surface area contributed by atoms with Crippen LogP contribution in [0, 0.1) is 0 Å². The van der Waals surface area contributed by atoms with E-state index in [1.54, 1.807) is 24.5 Å². The van der Waals surface area contributed by atoms with Crippen molar-refractivity contribution >= 4 is 29.0 Å². The van der Waals surface area contributed by atoms with Gasteiger partial charge >= 0.3 is 0 Å². The van der Waals surface area contributed by atoms with E-state index in [0.717, 1.165) is 24.0 Å². The maximum absolute atomic E-state index is 12.0. The Morgan fingerprint density at radius 1 is 1.35 bits per heavy atom. The molecule has 0 radical (unpaired) electrons. The number of carbonyl (C=O) groups is 1. The van der Waals surface area contributed by atoms with Gasteiger partial charge in [-0.05, 0) is 30.5 Å². The second kappa shape index (κ2) is 5.56. The van der Waals surface area contributed by atoms with Crippen molar-refractivity contribution in [2.75, 3.05) is 6.61 Å². The second-order valence-electron chi connectivity index (χ2n) is 3.95. The first kappa shape index (κ1) is 12.5. The zero-order valence-corrected chi connectivity index (χ0v) is 10.7. The molecule has 1 aliphatic heterocycles. The molecule has 0 atom stereocenters. The Balaban J connectivity index is 2.10. The van der Waals surface area contributed by atoms with Gasteiger partial charge in [-0.2, -0.15) is 0 Å². The van der Waals surface area contributed by atoms with Crippen LogP contribution >= 0.6 is 23.2 Å². The van der Waals surface area contributed by atoms with E-state index >= 15 is 0 Å². The summed E-state index contributed by atoms with van der Waals surface area (Å²) in [5.41, 5.74) is 1.54. The van der Waals surface area contributed by atoms with Crippen molar-refractivity contribution in [1.82, 2.24) is 0 Å². The Labute approximate surface area is 110 Å². The van der Waals surface area contributed by atoms with Crippen LogP contribution in [-0.4, -0.2) is 12.4 Å². The van der Waals surface area contributed by atoms with Crippen molar-refractivity contribution < 1.29 is 9.53 Å². The van der Waals surface area contributed by atoms with Crippen LogP contribution in [0.4, 0.5) is 0 Å². The van der Waals surface area contributed by atoms with Crippen LogP contribution in [0.15, 0.2) is 30.0 Å². The van der Waals surface area contributed by atoms with Crippen molar-refractivity contribution in [2.24, 2.45) is 0 Å². The quantitative estimate of drug-likeness (QED) is 0.835. The minimum absolute atomic E-state index is 0.0638. The lowest BCUT2D eigenvalue weighted by Gasteiger charge is -2.13. The van der Waals surface area contributed by atoms with Gasteiger partial charge < -0.3 is 4.74 Å². The number of hydrogen-bond donors (Lipinski definition) is 0. The number of allylic oxidation sites excluding steroid dienone is 1. The lowest BCUT2D eigenvalue weighted by Crippen LogP contribution is -2.11. The Morgan fingerprint density at radius 3 is 2.82 bits per heavy atom. The monoisotopic (exact) mass is 270 g/mol. The smallest absolute Gasteiger partial charge is 0.166 e. The van der Waals surface area contributed by atoms with Gasteiger partial charge in [0.1, 0.15) is 0 Å². The number of rotatable bonds is 3. The van der Waals surface area contributed by atoms with E-state index in [9.17, 15) is 4.79 Å². The number of carbonyl (C=O) groups excluding carboxylic acids is 1. The minimum atomic E-state index is 0.0638. The zero-order valence-electron chi connectivity index (χ0n) is 9.21. The van der Waals surface area contributed by atoms with Crippen LogP contribution < -0.4 is 0 Å². The average molecular weight is 271 g/mol. The molecule has 0 saturated carbocycles. The maximum atomic E-state index is 12.0. The van der Waals surface area contributed by atoms with Gasteiger partial charge in [-0.3, -0.25) is 4.79 Å². The van der Waals surface area contributed by atoms with Crippen molar-refractivity contribution in [3.05, 3.63) is 45.6 Å². The highest BCUT2D eigenvalue weighted by atomic mass is 35.5. The average Bonchev–Trinajstić information content (AvgIpc) is 2.34. The van der Waals surface area contributed by atoms with E-state index < -0.39 is 0 Å². The molecule has 4 heteroatoms. The van der Waals surface area contributed by atoms with Crippen molar-refractivity contribution in [2.45, 2.75) is 19.3 Å². The molecular weight excluding hydrogens is 259 g/mol. The van der Waals surface area contributed by atoms with Gasteiger partial charge in [-0.25, -0.2) is 0 Å². The first-order valence-electron chi connectivity index (χ1n) is 5.44.